The van der Waals surface area contributed by atoms with Gasteiger partial charge in [-0.3, -0.25) is 14.4 Å². The Morgan fingerprint density at radius 2 is 1.57 bits per heavy atom. The fourth-order valence-electron chi connectivity index (χ4n) is 4.11. The Labute approximate surface area is 177 Å². The van der Waals surface area contributed by atoms with Gasteiger partial charge in [0, 0.05) is 5.02 Å². The first-order chi connectivity index (χ1) is 14.5. The van der Waals surface area contributed by atoms with Crippen molar-refractivity contribution in [1.29, 1.82) is 0 Å². The summed E-state index contributed by atoms with van der Waals surface area (Å²) >= 11 is 5.95. The van der Waals surface area contributed by atoms with E-state index in [1.54, 1.807) is 47.5 Å². The topological polar surface area (TPSA) is 70.1 Å². The molecule has 0 bridgehead atoms. The van der Waals surface area contributed by atoms with Crippen LogP contribution in [0.5, 0.6) is 5.75 Å². The van der Waals surface area contributed by atoms with E-state index in [1.165, 1.54) is 0 Å². The molecule has 2 heterocycles. The molecule has 2 aliphatic heterocycles. The van der Waals surface area contributed by atoms with Gasteiger partial charge in [-0.1, -0.05) is 41.9 Å². The lowest BCUT2D eigenvalue weighted by atomic mass is 9.90. The van der Waals surface area contributed by atoms with Crippen LogP contribution >= 0.6 is 11.6 Å². The number of fused-ring (bicyclic) bond motifs is 1. The fourth-order valence-corrected chi connectivity index (χ4v) is 4.23. The monoisotopic (exact) mass is 420 g/mol. The third-order valence-electron chi connectivity index (χ3n) is 5.42. The molecule has 0 spiro atoms. The van der Waals surface area contributed by atoms with Crippen molar-refractivity contribution in [3.8, 4) is 5.75 Å². The number of carbonyl (C=O) groups excluding carboxylic acids is 2. The molecule has 30 heavy (non-hydrogen) atoms. The number of halogens is 1. The van der Waals surface area contributed by atoms with Crippen molar-refractivity contribution in [3.63, 3.8) is 0 Å². The van der Waals surface area contributed by atoms with Crippen molar-refractivity contribution < 1.29 is 19.5 Å². The van der Waals surface area contributed by atoms with Crippen LogP contribution in [-0.2, 0) is 14.4 Å². The number of hydrogen-bond acceptors (Lipinski definition) is 5. The van der Waals surface area contributed by atoms with Gasteiger partial charge >= 0.3 is 0 Å². The maximum absolute atomic E-state index is 13.4. The Bertz CT molecular complexity index is 1120. The first-order valence-electron chi connectivity index (χ1n) is 9.48. The van der Waals surface area contributed by atoms with Crippen LogP contribution in [0.4, 0.5) is 11.4 Å². The van der Waals surface area contributed by atoms with Crippen LogP contribution in [0.2, 0.25) is 5.02 Å². The quantitative estimate of drug-likeness (QED) is 0.646. The zero-order valence-corrected chi connectivity index (χ0v) is 16.4. The van der Waals surface area contributed by atoms with Gasteiger partial charge < -0.3 is 5.11 Å². The molecule has 2 amide bonds. The second-order valence-corrected chi connectivity index (χ2v) is 7.68. The lowest BCUT2D eigenvalue weighted by Crippen LogP contribution is -2.37. The Hall–Kier alpha value is -3.35. The molecule has 0 saturated carbocycles. The largest absolute Gasteiger partial charge is 0.508 e. The highest BCUT2D eigenvalue weighted by Crippen LogP contribution is 2.47. The number of benzene rings is 3. The van der Waals surface area contributed by atoms with Gasteiger partial charge in [-0.05, 0) is 54.1 Å². The summed E-state index contributed by atoms with van der Waals surface area (Å²) in [5.41, 5.74) is 1.86. The van der Waals surface area contributed by atoms with Crippen LogP contribution in [0.3, 0.4) is 0 Å². The average molecular weight is 421 g/mol. The van der Waals surface area contributed by atoms with E-state index >= 15 is 0 Å². The van der Waals surface area contributed by atoms with E-state index in [-0.39, 0.29) is 11.7 Å². The predicted octanol–water partition coefficient (Wildman–Crippen LogP) is 4.10. The van der Waals surface area contributed by atoms with Gasteiger partial charge in [-0.2, -0.15) is 0 Å². The number of hydrogen-bond donors (Lipinski definition) is 1. The Morgan fingerprint density at radius 1 is 0.833 bits per heavy atom. The molecule has 3 aromatic rings. The number of nitrogens with zero attached hydrogens (tertiary/aromatic N) is 2. The number of amides is 2. The van der Waals surface area contributed by atoms with Gasteiger partial charge in [0.2, 0.25) is 5.91 Å². The molecule has 1 N–H and O–H groups in total. The summed E-state index contributed by atoms with van der Waals surface area (Å²) in [7, 11) is 0. The molecule has 2 aliphatic rings. The number of aromatic hydroxyl groups is 1. The van der Waals surface area contributed by atoms with E-state index in [4.69, 9.17) is 16.4 Å². The SMILES string of the molecule is O=C1[C@H]2[C@@H](ON(c3ccccc3)[C@H]2c2cccc(O)c2)C(=O)N1c1ccc(Cl)cc1. The second-order valence-electron chi connectivity index (χ2n) is 7.24. The smallest absolute Gasteiger partial charge is 0.266 e. The summed E-state index contributed by atoms with van der Waals surface area (Å²) in [4.78, 5) is 33.8. The Kier molecular flexibility index (Phi) is 4.46. The highest BCUT2D eigenvalue weighted by atomic mass is 35.5. The van der Waals surface area contributed by atoms with E-state index in [1.807, 2.05) is 36.4 Å². The maximum Gasteiger partial charge on any atom is 0.266 e. The van der Waals surface area contributed by atoms with Gasteiger partial charge in [-0.25, -0.2) is 9.96 Å². The first-order valence-corrected chi connectivity index (χ1v) is 9.86. The number of carbonyl (C=O) groups is 2. The molecule has 0 radical (unpaired) electrons. The number of imide groups is 1. The van der Waals surface area contributed by atoms with Crippen molar-refractivity contribution >= 4 is 34.8 Å². The van der Waals surface area contributed by atoms with Crippen LogP contribution < -0.4 is 9.96 Å². The van der Waals surface area contributed by atoms with E-state index in [0.29, 0.717) is 16.3 Å². The normalized spacial score (nSPS) is 23.2. The van der Waals surface area contributed by atoms with Crippen molar-refractivity contribution in [2.24, 2.45) is 5.92 Å². The first kappa shape index (κ1) is 18.7. The van der Waals surface area contributed by atoms with Crippen molar-refractivity contribution in [3.05, 3.63) is 89.4 Å². The number of hydroxylamine groups is 1. The molecule has 150 valence electrons. The molecular weight excluding hydrogens is 404 g/mol. The molecule has 5 rings (SSSR count). The number of phenolic OH excluding ortho intramolecular Hbond substituents is 1. The summed E-state index contributed by atoms with van der Waals surface area (Å²) in [6, 6.07) is 21.9. The van der Waals surface area contributed by atoms with E-state index < -0.39 is 24.0 Å². The van der Waals surface area contributed by atoms with Crippen LogP contribution in [0.15, 0.2) is 78.9 Å². The minimum Gasteiger partial charge on any atom is -0.508 e. The molecule has 3 aromatic carbocycles. The summed E-state index contributed by atoms with van der Waals surface area (Å²) in [6.45, 7) is 0. The van der Waals surface area contributed by atoms with Crippen LogP contribution in [0, 0.1) is 5.92 Å². The zero-order chi connectivity index (χ0) is 20.8. The molecule has 2 saturated heterocycles. The standard InChI is InChI=1S/C23H17ClN2O4/c24-15-9-11-16(12-10-15)25-22(28)19-20(14-5-4-8-18(27)13-14)26(30-21(19)23(25)29)17-6-2-1-3-7-17/h1-13,19-21,27H/t19-,20+,21-/m1/s1. The lowest BCUT2D eigenvalue weighted by Gasteiger charge is -2.28. The van der Waals surface area contributed by atoms with E-state index in [2.05, 4.69) is 0 Å². The lowest BCUT2D eigenvalue weighted by molar-refractivity contribution is -0.126. The van der Waals surface area contributed by atoms with Gasteiger partial charge in [0.15, 0.2) is 6.10 Å². The highest BCUT2D eigenvalue weighted by Gasteiger charge is 2.60. The fraction of sp³-hybridized carbons (Fsp3) is 0.130. The van der Waals surface area contributed by atoms with Crippen molar-refractivity contribution in [2.75, 3.05) is 9.96 Å². The predicted molar refractivity (Wildman–Crippen MR) is 112 cm³/mol. The van der Waals surface area contributed by atoms with Crippen molar-refractivity contribution in [2.45, 2.75) is 12.1 Å². The summed E-state index contributed by atoms with van der Waals surface area (Å²) in [5.74, 6) is -1.44. The van der Waals surface area contributed by atoms with E-state index in [0.717, 1.165) is 10.6 Å². The molecule has 2 fully saturated rings. The minimum absolute atomic E-state index is 0.0790. The molecule has 7 heteroatoms. The highest BCUT2D eigenvalue weighted by molar-refractivity contribution is 6.31. The van der Waals surface area contributed by atoms with Crippen molar-refractivity contribution in [1.82, 2.24) is 0 Å². The summed E-state index contributed by atoms with van der Waals surface area (Å²) in [5, 5.41) is 12.1. The van der Waals surface area contributed by atoms with E-state index in [9.17, 15) is 14.7 Å². The summed E-state index contributed by atoms with van der Waals surface area (Å²) < 4.78 is 0. The van der Waals surface area contributed by atoms with Gasteiger partial charge in [-0.15, -0.1) is 0 Å². The number of para-hydroxylation sites is 1. The second kappa shape index (κ2) is 7.16. The van der Waals surface area contributed by atoms with Gasteiger partial charge in [0.25, 0.3) is 5.91 Å². The molecule has 0 aromatic heterocycles. The molecule has 6 nitrogen and oxygen atoms in total. The van der Waals surface area contributed by atoms with Crippen LogP contribution in [0.1, 0.15) is 11.6 Å². The zero-order valence-electron chi connectivity index (χ0n) is 15.7. The number of rotatable bonds is 3. The molecule has 3 atom stereocenters. The Balaban J connectivity index is 1.59. The third-order valence-corrected chi connectivity index (χ3v) is 5.67. The molecular formula is C23H17ClN2O4. The Morgan fingerprint density at radius 3 is 2.27 bits per heavy atom. The maximum atomic E-state index is 13.4. The average Bonchev–Trinajstić information content (AvgIpc) is 3.26. The number of anilines is 2. The van der Waals surface area contributed by atoms with Crippen LogP contribution in [-0.4, -0.2) is 23.0 Å². The van der Waals surface area contributed by atoms with Crippen LogP contribution in [0.25, 0.3) is 0 Å². The third kappa shape index (κ3) is 2.93. The molecule has 0 aliphatic carbocycles. The molecule has 0 unspecified atom stereocenters. The summed E-state index contributed by atoms with van der Waals surface area (Å²) in [6.07, 6.45) is -0.958. The minimum atomic E-state index is -0.958. The number of phenols is 1. The van der Waals surface area contributed by atoms with Gasteiger partial charge in [0.05, 0.1) is 17.4 Å². The van der Waals surface area contributed by atoms with Gasteiger partial charge in [0.1, 0.15) is 11.7 Å².